The van der Waals surface area contributed by atoms with E-state index in [1.807, 2.05) is 13.0 Å². The summed E-state index contributed by atoms with van der Waals surface area (Å²) in [5.74, 6) is 0. The number of nitrogens with zero attached hydrogens (tertiary/aromatic N) is 2. The molecule has 0 radical (unpaired) electrons. The van der Waals surface area contributed by atoms with Crippen LogP contribution in [0.5, 0.6) is 0 Å². The summed E-state index contributed by atoms with van der Waals surface area (Å²) in [5.41, 5.74) is 1.63. The van der Waals surface area contributed by atoms with Crippen molar-refractivity contribution in [2.24, 2.45) is 0 Å². The van der Waals surface area contributed by atoms with Crippen LogP contribution < -0.4 is 5.32 Å². The minimum atomic E-state index is -4.40. The fourth-order valence-electron chi connectivity index (χ4n) is 1.76. The molecule has 2 aromatic rings. The van der Waals surface area contributed by atoms with Crippen molar-refractivity contribution >= 4 is 11.3 Å². The number of aryl methyl sites for hydroxylation is 1. The molecule has 102 valence electrons. The van der Waals surface area contributed by atoms with Gasteiger partial charge in [-0.2, -0.15) is 13.2 Å². The Morgan fingerprint density at radius 1 is 1.32 bits per heavy atom. The second kappa shape index (κ2) is 5.26. The lowest BCUT2D eigenvalue weighted by Crippen LogP contribution is -2.18. The van der Waals surface area contributed by atoms with Crippen molar-refractivity contribution in [3.63, 3.8) is 0 Å². The summed E-state index contributed by atoms with van der Waals surface area (Å²) in [6, 6.07) is 3.28. The van der Waals surface area contributed by atoms with Gasteiger partial charge in [0.25, 0.3) is 0 Å². The van der Waals surface area contributed by atoms with Crippen LogP contribution in [0.4, 0.5) is 13.2 Å². The highest BCUT2D eigenvalue weighted by Gasteiger charge is 2.35. The number of rotatable bonds is 3. The van der Waals surface area contributed by atoms with E-state index >= 15 is 0 Å². The van der Waals surface area contributed by atoms with E-state index in [2.05, 4.69) is 15.3 Å². The molecule has 0 saturated heterocycles. The zero-order chi connectivity index (χ0) is 14.0. The number of aromatic nitrogens is 2. The third kappa shape index (κ3) is 2.93. The Bertz CT molecular complexity index is 565. The van der Waals surface area contributed by atoms with E-state index in [0.717, 1.165) is 5.56 Å². The Kier molecular flexibility index (Phi) is 3.86. The van der Waals surface area contributed by atoms with Crippen LogP contribution >= 0.6 is 11.3 Å². The van der Waals surface area contributed by atoms with Gasteiger partial charge in [0.1, 0.15) is 0 Å². The number of thiazole rings is 1. The second-order valence-electron chi connectivity index (χ2n) is 3.99. The number of halogens is 3. The number of hydrogen-bond donors (Lipinski definition) is 1. The average molecular weight is 287 g/mol. The van der Waals surface area contributed by atoms with Crippen LogP contribution in [0.3, 0.4) is 0 Å². The Hall–Kier alpha value is -1.47. The molecular formula is C12H12F3N3S. The van der Waals surface area contributed by atoms with Gasteiger partial charge in [-0.15, -0.1) is 11.3 Å². The van der Waals surface area contributed by atoms with E-state index in [0.29, 0.717) is 21.9 Å². The van der Waals surface area contributed by atoms with Crippen LogP contribution in [0.25, 0.3) is 0 Å². The molecule has 2 rings (SSSR count). The van der Waals surface area contributed by atoms with Crippen molar-refractivity contribution in [2.75, 3.05) is 7.05 Å². The summed E-state index contributed by atoms with van der Waals surface area (Å²) >= 11 is 0.637. The Labute approximate surface area is 112 Å². The fourth-order valence-corrected chi connectivity index (χ4v) is 2.66. The molecule has 0 aliphatic heterocycles. The van der Waals surface area contributed by atoms with Crippen LogP contribution in [-0.4, -0.2) is 17.0 Å². The molecule has 1 atom stereocenters. The smallest absolute Gasteiger partial charge is 0.307 e. The largest absolute Gasteiger partial charge is 0.443 e. The summed E-state index contributed by atoms with van der Waals surface area (Å²) in [4.78, 5) is 8.17. The van der Waals surface area contributed by atoms with Gasteiger partial charge in [0, 0.05) is 17.3 Å². The number of nitrogens with one attached hydrogen (secondary N) is 1. The van der Waals surface area contributed by atoms with Crippen molar-refractivity contribution in [2.45, 2.75) is 19.1 Å². The molecule has 0 aromatic carbocycles. The third-order valence-corrected chi connectivity index (χ3v) is 3.77. The molecule has 0 aliphatic rings. The van der Waals surface area contributed by atoms with E-state index in [4.69, 9.17) is 0 Å². The highest BCUT2D eigenvalue weighted by atomic mass is 32.1. The molecule has 0 amide bonds. The number of pyridine rings is 1. The summed E-state index contributed by atoms with van der Waals surface area (Å²) < 4.78 is 37.7. The first-order valence-corrected chi connectivity index (χ1v) is 6.37. The molecular weight excluding hydrogens is 275 g/mol. The molecule has 3 nitrogen and oxygen atoms in total. The first kappa shape index (κ1) is 14.0. The van der Waals surface area contributed by atoms with Gasteiger partial charge in [0.15, 0.2) is 5.01 Å². The van der Waals surface area contributed by atoms with Crippen molar-refractivity contribution in [1.29, 1.82) is 0 Å². The molecule has 2 aromatic heterocycles. The zero-order valence-corrected chi connectivity index (χ0v) is 11.1. The molecule has 0 aliphatic carbocycles. The molecule has 0 spiro atoms. The van der Waals surface area contributed by atoms with Crippen LogP contribution in [0, 0.1) is 6.92 Å². The highest BCUT2D eigenvalue weighted by Crippen LogP contribution is 2.35. The minimum Gasteiger partial charge on any atom is -0.307 e. The van der Waals surface area contributed by atoms with Gasteiger partial charge in [0.05, 0.1) is 11.7 Å². The lowest BCUT2D eigenvalue weighted by atomic mass is 10.1. The zero-order valence-electron chi connectivity index (χ0n) is 10.3. The molecule has 0 fully saturated rings. The monoisotopic (exact) mass is 287 g/mol. The molecule has 1 N–H and O–H groups in total. The first-order valence-electron chi connectivity index (χ1n) is 5.55. The average Bonchev–Trinajstić information content (AvgIpc) is 2.82. The van der Waals surface area contributed by atoms with E-state index in [1.165, 1.54) is 6.20 Å². The van der Waals surface area contributed by atoms with Crippen LogP contribution in [0.1, 0.15) is 27.2 Å². The Morgan fingerprint density at radius 3 is 2.58 bits per heavy atom. The van der Waals surface area contributed by atoms with E-state index in [-0.39, 0.29) is 6.04 Å². The maximum atomic E-state index is 12.6. The summed E-state index contributed by atoms with van der Waals surface area (Å²) in [6.45, 7) is 1.87. The second-order valence-corrected chi connectivity index (χ2v) is 5.05. The van der Waals surface area contributed by atoms with E-state index < -0.39 is 11.2 Å². The predicted octanol–water partition coefficient (Wildman–Crippen LogP) is 3.17. The highest BCUT2D eigenvalue weighted by molar-refractivity contribution is 7.11. The normalized spacial score (nSPS) is 13.5. The van der Waals surface area contributed by atoms with Gasteiger partial charge >= 0.3 is 6.18 Å². The van der Waals surface area contributed by atoms with Crippen molar-refractivity contribution in [1.82, 2.24) is 15.3 Å². The van der Waals surface area contributed by atoms with Gasteiger partial charge in [-0.3, -0.25) is 4.98 Å². The van der Waals surface area contributed by atoms with Gasteiger partial charge in [-0.25, -0.2) is 4.98 Å². The first-order chi connectivity index (χ1) is 8.93. The topological polar surface area (TPSA) is 37.8 Å². The van der Waals surface area contributed by atoms with Gasteiger partial charge in [-0.1, -0.05) is 6.07 Å². The minimum absolute atomic E-state index is 0.380. The number of alkyl halides is 3. The standard InChI is InChI=1S/C12H12F3N3S/c1-7-4-3-5-17-9(7)10(16-2)8-6-18-11(19-8)12(13,14)15/h3-6,10,16H,1-2H3. The lowest BCUT2D eigenvalue weighted by molar-refractivity contribution is -0.137. The quantitative estimate of drug-likeness (QED) is 0.942. The summed E-state index contributed by atoms with van der Waals surface area (Å²) in [7, 11) is 1.69. The van der Waals surface area contributed by atoms with Crippen LogP contribution in [-0.2, 0) is 6.18 Å². The van der Waals surface area contributed by atoms with E-state index in [1.54, 1.807) is 19.3 Å². The fraction of sp³-hybridized carbons (Fsp3) is 0.333. The molecule has 0 saturated carbocycles. The van der Waals surface area contributed by atoms with E-state index in [9.17, 15) is 13.2 Å². The van der Waals surface area contributed by atoms with Crippen molar-refractivity contribution in [3.8, 4) is 0 Å². The van der Waals surface area contributed by atoms with Gasteiger partial charge in [-0.05, 0) is 25.6 Å². The van der Waals surface area contributed by atoms with Gasteiger partial charge < -0.3 is 5.32 Å². The SMILES string of the molecule is CNC(c1cnc(C(F)(F)F)s1)c1ncccc1C. The summed E-state index contributed by atoms with van der Waals surface area (Å²) in [5, 5.41) is 2.14. The summed E-state index contributed by atoms with van der Waals surface area (Å²) in [6.07, 6.45) is -1.53. The lowest BCUT2D eigenvalue weighted by Gasteiger charge is -2.15. The molecule has 7 heteroatoms. The molecule has 19 heavy (non-hydrogen) atoms. The van der Waals surface area contributed by atoms with Crippen molar-refractivity contribution < 1.29 is 13.2 Å². The van der Waals surface area contributed by atoms with Crippen molar-refractivity contribution in [3.05, 3.63) is 45.7 Å². The van der Waals surface area contributed by atoms with Crippen LogP contribution in [0.15, 0.2) is 24.5 Å². The van der Waals surface area contributed by atoms with Gasteiger partial charge in [0.2, 0.25) is 0 Å². The maximum Gasteiger partial charge on any atom is 0.443 e. The molecule has 1 unspecified atom stereocenters. The molecule has 2 heterocycles. The Morgan fingerprint density at radius 2 is 2.05 bits per heavy atom. The molecule has 0 bridgehead atoms. The van der Waals surface area contributed by atoms with Crippen LogP contribution in [0.2, 0.25) is 0 Å². The predicted molar refractivity (Wildman–Crippen MR) is 67.0 cm³/mol. The Balaban J connectivity index is 2.38. The third-order valence-electron chi connectivity index (χ3n) is 2.66. The maximum absolute atomic E-state index is 12.6. The number of hydrogen-bond acceptors (Lipinski definition) is 4.